The molecule has 0 fully saturated rings. The van der Waals surface area contributed by atoms with E-state index in [-0.39, 0.29) is 0 Å². The molecule has 0 amide bonds. The van der Waals surface area contributed by atoms with Crippen LogP contribution in [0.2, 0.25) is 0 Å². The first kappa shape index (κ1) is 14.3. The zero-order chi connectivity index (χ0) is 10.9. The maximum Gasteiger partial charge on any atom is 0.162 e. The number of unbranched alkanes of at least 4 members (excludes halogenated alkanes) is 2. The van der Waals surface area contributed by atoms with Crippen LogP contribution in [-0.4, -0.2) is 31.0 Å². The van der Waals surface area contributed by atoms with Crippen LogP contribution in [0.5, 0.6) is 0 Å². The van der Waals surface area contributed by atoms with Crippen LogP contribution in [0.1, 0.15) is 40.0 Å². The summed E-state index contributed by atoms with van der Waals surface area (Å²) < 4.78 is 10.7. The molecule has 0 bridgehead atoms. The maximum atomic E-state index is 5.54. The first-order valence-electron chi connectivity index (χ1n) is 5.39. The molecule has 2 nitrogen and oxygen atoms in total. The molecule has 0 saturated carbocycles. The third-order valence-corrected chi connectivity index (χ3v) is 3.09. The summed E-state index contributed by atoms with van der Waals surface area (Å²) >= 11 is 1.96. The van der Waals surface area contributed by atoms with Crippen molar-refractivity contribution in [2.45, 2.75) is 45.8 Å². The summed E-state index contributed by atoms with van der Waals surface area (Å²) in [6.07, 6.45) is 3.97. The second kappa shape index (κ2) is 8.57. The average molecular weight is 220 g/mol. The smallest absolute Gasteiger partial charge is 0.162 e. The lowest BCUT2D eigenvalue weighted by Crippen LogP contribution is -2.27. The highest BCUT2D eigenvalue weighted by Crippen LogP contribution is 2.11. The van der Waals surface area contributed by atoms with E-state index in [0.29, 0.717) is 0 Å². The van der Waals surface area contributed by atoms with Crippen LogP contribution in [0.3, 0.4) is 0 Å². The Balaban J connectivity index is 3.13. The molecule has 3 heteroatoms. The molecule has 0 spiro atoms. The molecule has 0 N–H and O–H groups in total. The van der Waals surface area contributed by atoms with Gasteiger partial charge in [-0.05, 0) is 26.0 Å². The first-order valence-corrected chi connectivity index (χ1v) is 6.54. The Kier molecular flexibility index (Phi) is 8.73. The second-order valence-corrected chi connectivity index (χ2v) is 5.00. The molecule has 0 aromatic carbocycles. The molecule has 0 aliphatic heterocycles. The van der Waals surface area contributed by atoms with E-state index in [1.165, 1.54) is 25.0 Å². The van der Waals surface area contributed by atoms with Gasteiger partial charge < -0.3 is 9.47 Å². The first-order chi connectivity index (χ1) is 6.62. The van der Waals surface area contributed by atoms with Crippen molar-refractivity contribution in [1.29, 1.82) is 0 Å². The van der Waals surface area contributed by atoms with Crippen LogP contribution in [-0.2, 0) is 9.47 Å². The van der Waals surface area contributed by atoms with Crippen molar-refractivity contribution in [3.8, 4) is 0 Å². The number of methoxy groups -OCH3 is 1. The highest BCUT2D eigenvalue weighted by atomic mass is 32.2. The number of rotatable bonds is 9. The fourth-order valence-corrected chi connectivity index (χ4v) is 1.78. The SMILES string of the molecule is CCCCCSCCOC(C)(C)OC. The molecule has 0 radical (unpaired) electrons. The van der Waals surface area contributed by atoms with E-state index in [1.807, 2.05) is 25.6 Å². The van der Waals surface area contributed by atoms with E-state index in [0.717, 1.165) is 12.4 Å². The standard InChI is InChI=1S/C11H24O2S/c1-5-6-7-9-14-10-8-13-11(2,3)12-4/h5-10H2,1-4H3. The fraction of sp³-hybridized carbons (Fsp3) is 1.00. The minimum absolute atomic E-state index is 0.427. The van der Waals surface area contributed by atoms with Gasteiger partial charge in [-0.1, -0.05) is 19.8 Å². The monoisotopic (exact) mass is 220 g/mol. The van der Waals surface area contributed by atoms with Gasteiger partial charge in [-0.2, -0.15) is 11.8 Å². The third kappa shape index (κ3) is 8.85. The van der Waals surface area contributed by atoms with Crippen LogP contribution < -0.4 is 0 Å². The molecule has 0 aromatic heterocycles. The van der Waals surface area contributed by atoms with Crippen LogP contribution in [0, 0.1) is 0 Å². The minimum atomic E-state index is -0.427. The fourth-order valence-electron chi connectivity index (χ4n) is 0.961. The van der Waals surface area contributed by atoms with Crippen LogP contribution in [0.15, 0.2) is 0 Å². The van der Waals surface area contributed by atoms with E-state index in [4.69, 9.17) is 9.47 Å². The van der Waals surface area contributed by atoms with Crippen molar-refractivity contribution in [2.24, 2.45) is 0 Å². The Bertz CT molecular complexity index is 126. The summed E-state index contributed by atoms with van der Waals surface area (Å²) in [4.78, 5) is 0. The predicted octanol–water partition coefficient (Wildman–Crippen LogP) is 3.31. The van der Waals surface area contributed by atoms with Crippen LogP contribution in [0.25, 0.3) is 0 Å². The predicted molar refractivity (Wildman–Crippen MR) is 63.9 cm³/mol. The third-order valence-electron chi connectivity index (χ3n) is 2.06. The van der Waals surface area contributed by atoms with E-state index in [9.17, 15) is 0 Å². The van der Waals surface area contributed by atoms with Crippen molar-refractivity contribution >= 4 is 11.8 Å². The van der Waals surface area contributed by atoms with Gasteiger partial charge in [-0.15, -0.1) is 0 Å². The molecule has 86 valence electrons. The normalized spacial score (nSPS) is 12.0. The molecule has 0 atom stereocenters. The highest BCUT2D eigenvalue weighted by Gasteiger charge is 2.15. The quantitative estimate of drug-likeness (QED) is 0.439. The molecule has 14 heavy (non-hydrogen) atoms. The van der Waals surface area contributed by atoms with Gasteiger partial charge in [0, 0.05) is 12.9 Å². The molecular weight excluding hydrogens is 196 g/mol. The lowest BCUT2D eigenvalue weighted by molar-refractivity contribution is -0.193. The Morgan fingerprint density at radius 2 is 1.86 bits per heavy atom. The summed E-state index contributed by atoms with van der Waals surface area (Å²) in [5.74, 6) is 1.89. The summed E-state index contributed by atoms with van der Waals surface area (Å²) in [6.45, 7) is 6.88. The van der Waals surface area contributed by atoms with Crippen molar-refractivity contribution in [1.82, 2.24) is 0 Å². The maximum absolute atomic E-state index is 5.54. The molecule has 0 aromatic rings. The van der Waals surface area contributed by atoms with Gasteiger partial charge in [0.05, 0.1) is 6.61 Å². The van der Waals surface area contributed by atoms with Gasteiger partial charge in [-0.25, -0.2) is 0 Å². The van der Waals surface area contributed by atoms with Gasteiger partial charge in [0.1, 0.15) is 0 Å². The molecule has 0 aliphatic carbocycles. The Hall–Kier alpha value is 0.270. The van der Waals surface area contributed by atoms with E-state index >= 15 is 0 Å². The Morgan fingerprint density at radius 1 is 1.14 bits per heavy atom. The summed E-state index contributed by atoms with van der Waals surface area (Å²) in [7, 11) is 1.67. The van der Waals surface area contributed by atoms with Crippen molar-refractivity contribution in [3.05, 3.63) is 0 Å². The van der Waals surface area contributed by atoms with Crippen molar-refractivity contribution in [3.63, 3.8) is 0 Å². The Morgan fingerprint density at radius 3 is 2.43 bits per heavy atom. The minimum Gasteiger partial charge on any atom is -0.354 e. The van der Waals surface area contributed by atoms with Gasteiger partial charge in [-0.3, -0.25) is 0 Å². The second-order valence-electron chi connectivity index (χ2n) is 3.77. The number of hydrogen-bond acceptors (Lipinski definition) is 3. The molecule has 0 heterocycles. The van der Waals surface area contributed by atoms with Gasteiger partial charge in [0.2, 0.25) is 0 Å². The van der Waals surface area contributed by atoms with E-state index < -0.39 is 5.79 Å². The largest absolute Gasteiger partial charge is 0.354 e. The lowest BCUT2D eigenvalue weighted by atomic mass is 10.3. The van der Waals surface area contributed by atoms with Crippen LogP contribution >= 0.6 is 11.8 Å². The molecule has 0 rings (SSSR count). The summed E-state index contributed by atoms with van der Waals surface area (Å²) in [5.41, 5.74) is 0. The topological polar surface area (TPSA) is 18.5 Å². The van der Waals surface area contributed by atoms with Gasteiger partial charge >= 0.3 is 0 Å². The molecular formula is C11H24O2S. The molecule has 0 saturated heterocycles. The lowest BCUT2D eigenvalue weighted by Gasteiger charge is -2.23. The zero-order valence-corrected chi connectivity index (χ0v) is 10.8. The zero-order valence-electron chi connectivity index (χ0n) is 9.97. The number of ether oxygens (including phenoxy) is 2. The summed E-state index contributed by atoms with van der Waals surface area (Å²) in [6, 6.07) is 0. The average Bonchev–Trinajstić information content (AvgIpc) is 2.16. The Labute approximate surface area is 92.7 Å². The highest BCUT2D eigenvalue weighted by molar-refractivity contribution is 7.99. The van der Waals surface area contributed by atoms with E-state index in [1.54, 1.807) is 7.11 Å². The van der Waals surface area contributed by atoms with Crippen molar-refractivity contribution in [2.75, 3.05) is 25.2 Å². The van der Waals surface area contributed by atoms with Gasteiger partial charge in [0.25, 0.3) is 0 Å². The van der Waals surface area contributed by atoms with Gasteiger partial charge in [0.15, 0.2) is 5.79 Å². The van der Waals surface area contributed by atoms with Crippen LogP contribution in [0.4, 0.5) is 0 Å². The number of hydrogen-bond donors (Lipinski definition) is 0. The molecule has 0 aliphatic rings. The molecule has 0 unspecified atom stereocenters. The van der Waals surface area contributed by atoms with E-state index in [2.05, 4.69) is 6.92 Å². The number of thioether (sulfide) groups is 1. The summed E-state index contributed by atoms with van der Waals surface area (Å²) in [5, 5.41) is 0. The van der Waals surface area contributed by atoms with Crippen molar-refractivity contribution < 1.29 is 9.47 Å².